The van der Waals surface area contributed by atoms with Gasteiger partial charge in [-0.15, -0.1) is 5.10 Å². The Labute approximate surface area is 212 Å². The van der Waals surface area contributed by atoms with Crippen molar-refractivity contribution >= 4 is 35.1 Å². The van der Waals surface area contributed by atoms with Gasteiger partial charge >= 0.3 is 5.97 Å². The van der Waals surface area contributed by atoms with Crippen LogP contribution < -0.4 is 4.74 Å². The number of thioether (sulfide) groups is 1. The van der Waals surface area contributed by atoms with E-state index in [-0.39, 0.29) is 23.0 Å². The average molecular weight is 515 g/mol. The number of halogens is 1. The van der Waals surface area contributed by atoms with Gasteiger partial charge in [-0.05, 0) is 74.0 Å². The summed E-state index contributed by atoms with van der Waals surface area (Å²) in [6.45, 7) is 1.90. The van der Waals surface area contributed by atoms with Gasteiger partial charge in [0.1, 0.15) is 22.0 Å². The van der Waals surface area contributed by atoms with Crippen molar-refractivity contribution in [1.82, 2.24) is 19.6 Å². The lowest BCUT2D eigenvalue weighted by Crippen LogP contribution is -2.45. The summed E-state index contributed by atoms with van der Waals surface area (Å²) in [7, 11) is 1.58. The molecule has 0 spiro atoms. The first-order valence-electron chi connectivity index (χ1n) is 11.7. The second-order valence-electron chi connectivity index (χ2n) is 9.15. The molecule has 3 aromatic rings. The second-order valence-corrected chi connectivity index (χ2v) is 10.5. The molecule has 1 aromatic carbocycles. The molecule has 0 bridgehead atoms. The molecular weight excluding hydrogens is 488 g/mol. The number of esters is 1. The van der Waals surface area contributed by atoms with E-state index in [0.717, 1.165) is 48.7 Å². The molecule has 1 N–H and O–H groups in total. The van der Waals surface area contributed by atoms with E-state index in [4.69, 9.17) is 21.1 Å². The second kappa shape index (κ2) is 9.70. The first-order chi connectivity index (χ1) is 16.9. The van der Waals surface area contributed by atoms with Gasteiger partial charge in [0.15, 0.2) is 0 Å². The maximum absolute atomic E-state index is 13.2. The maximum atomic E-state index is 13.2. The highest BCUT2D eigenvalue weighted by atomic mass is 35.5. The van der Waals surface area contributed by atoms with Crippen LogP contribution in [0.15, 0.2) is 46.3 Å². The number of aryl methyl sites for hydroxylation is 2. The topological polar surface area (TPSA) is 98.8 Å². The maximum Gasteiger partial charge on any atom is 0.349 e. The SMILES string of the molecule is COc1ccc(CCC2(C3CCCC3)CC(O)=C(Sc3nc4nccc(C)n4n3)C(=O)O2)cc1Cl. The number of carbonyl (C=O) groups excluding carboxylic acids is 1. The predicted molar refractivity (Wildman–Crippen MR) is 133 cm³/mol. The lowest BCUT2D eigenvalue weighted by atomic mass is 9.77. The van der Waals surface area contributed by atoms with Crippen molar-refractivity contribution in [3.8, 4) is 5.75 Å². The summed E-state index contributed by atoms with van der Waals surface area (Å²) in [6, 6.07) is 7.53. The van der Waals surface area contributed by atoms with Crippen molar-refractivity contribution in [3.63, 3.8) is 0 Å². The normalized spacial score (nSPS) is 21.1. The number of aromatic nitrogens is 4. The first-order valence-corrected chi connectivity index (χ1v) is 12.9. The van der Waals surface area contributed by atoms with E-state index in [1.165, 1.54) is 0 Å². The van der Waals surface area contributed by atoms with Crippen molar-refractivity contribution < 1.29 is 19.4 Å². The standard InChI is InChI=1S/C25H27ClN4O4S/c1-15-10-12-27-23-28-24(29-30(15)23)35-21-19(31)14-25(34-22(21)32,17-5-3-4-6-17)11-9-16-7-8-20(33-2)18(26)13-16/h7-8,10,12-13,17,31H,3-6,9,11,14H2,1-2H3. The molecule has 8 nitrogen and oxygen atoms in total. The van der Waals surface area contributed by atoms with Crippen LogP contribution in [0.3, 0.4) is 0 Å². The Morgan fingerprint density at radius 2 is 2.11 bits per heavy atom. The molecule has 1 aliphatic carbocycles. The van der Waals surface area contributed by atoms with E-state index in [2.05, 4.69) is 15.1 Å². The first kappa shape index (κ1) is 23.9. The van der Waals surface area contributed by atoms with Gasteiger partial charge in [0.05, 0.1) is 12.1 Å². The number of methoxy groups -OCH3 is 1. The van der Waals surface area contributed by atoms with Crippen LogP contribution in [0.5, 0.6) is 5.75 Å². The number of ether oxygens (including phenoxy) is 2. The molecule has 184 valence electrons. The van der Waals surface area contributed by atoms with Gasteiger partial charge in [-0.1, -0.05) is 30.5 Å². The number of hydrogen-bond donors (Lipinski definition) is 1. The molecular formula is C25H27ClN4O4S. The lowest BCUT2D eigenvalue weighted by Gasteiger charge is -2.41. The molecule has 3 heterocycles. The molecule has 2 aromatic heterocycles. The van der Waals surface area contributed by atoms with Crippen LogP contribution in [-0.4, -0.2) is 43.4 Å². The van der Waals surface area contributed by atoms with Gasteiger partial charge in [0.25, 0.3) is 5.78 Å². The van der Waals surface area contributed by atoms with Crippen molar-refractivity contribution in [3.05, 3.63) is 57.4 Å². The minimum atomic E-state index is -0.751. The van der Waals surface area contributed by atoms with Crippen LogP contribution in [0.25, 0.3) is 5.78 Å². The fraction of sp³-hybridized carbons (Fsp3) is 0.440. The highest BCUT2D eigenvalue weighted by molar-refractivity contribution is 8.03. The molecule has 1 atom stereocenters. The van der Waals surface area contributed by atoms with E-state index in [0.29, 0.717) is 34.5 Å². The monoisotopic (exact) mass is 514 g/mol. The van der Waals surface area contributed by atoms with E-state index in [9.17, 15) is 9.90 Å². The minimum Gasteiger partial charge on any atom is -0.511 e. The molecule has 5 rings (SSSR count). The molecule has 1 unspecified atom stereocenters. The molecule has 0 radical (unpaired) electrons. The Balaban J connectivity index is 1.40. The van der Waals surface area contributed by atoms with Crippen molar-refractivity contribution in [2.45, 2.75) is 62.6 Å². The van der Waals surface area contributed by atoms with Crippen LogP contribution in [0.1, 0.15) is 49.8 Å². The number of aliphatic hydroxyl groups is 1. The molecule has 0 amide bonds. The summed E-state index contributed by atoms with van der Waals surface area (Å²) in [6.07, 6.45) is 7.36. The third kappa shape index (κ3) is 4.71. The smallest absolute Gasteiger partial charge is 0.349 e. The number of carbonyl (C=O) groups is 1. The number of hydrogen-bond acceptors (Lipinski definition) is 8. The van der Waals surface area contributed by atoms with Crippen molar-refractivity contribution in [1.29, 1.82) is 0 Å². The van der Waals surface area contributed by atoms with Gasteiger partial charge in [-0.2, -0.15) is 4.98 Å². The zero-order chi connectivity index (χ0) is 24.6. The van der Waals surface area contributed by atoms with Crippen molar-refractivity contribution in [2.75, 3.05) is 7.11 Å². The van der Waals surface area contributed by atoms with Crippen molar-refractivity contribution in [2.24, 2.45) is 5.92 Å². The zero-order valence-electron chi connectivity index (χ0n) is 19.7. The summed E-state index contributed by atoms with van der Waals surface area (Å²) in [5, 5.41) is 16.4. The number of aliphatic hydroxyl groups excluding tert-OH is 1. The lowest BCUT2D eigenvalue weighted by molar-refractivity contribution is -0.166. The number of nitrogens with zero attached hydrogens (tertiary/aromatic N) is 4. The predicted octanol–water partition coefficient (Wildman–Crippen LogP) is 5.47. The van der Waals surface area contributed by atoms with Crippen LogP contribution in [0.4, 0.5) is 0 Å². The van der Waals surface area contributed by atoms with Gasteiger partial charge < -0.3 is 14.6 Å². The molecule has 2 aliphatic rings. The summed E-state index contributed by atoms with van der Waals surface area (Å²) < 4.78 is 13.1. The van der Waals surface area contributed by atoms with Gasteiger partial charge in [-0.25, -0.2) is 14.3 Å². The summed E-state index contributed by atoms with van der Waals surface area (Å²) in [5.74, 6) is 0.777. The van der Waals surface area contributed by atoms with E-state index in [1.807, 2.05) is 31.2 Å². The highest BCUT2D eigenvalue weighted by Gasteiger charge is 2.48. The molecule has 1 fully saturated rings. The summed E-state index contributed by atoms with van der Waals surface area (Å²) in [4.78, 5) is 22.0. The summed E-state index contributed by atoms with van der Waals surface area (Å²) >= 11 is 7.34. The molecule has 10 heteroatoms. The Bertz CT molecular complexity index is 1300. The van der Waals surface area contributed by atoms with Gasteiger partial charge in [0.2, 0.25) is 5.16 Å². The van der Waals surface area contributed by atoms with Gasteiger partial charge in [-0.3, -0.25) is 0 Å². The molecule has 1 aliphatic heterocycles. The van der Waals surface area contributed by atoms with E-state index in [1.54, 1.807) is 17.8 Å². The Morgan fingerprint density at radius 1 is 1.31 bits per heavy atom. The largest absolute Gasteiger partial charge is 0.511 e. The average Bonchev–Trinajstić information content (AvgIpc) is 3.51. The number of cyclic esters (lactones) is 1. The summed E-state index contributed by atoms with van der Waals surface area (Å²) in [5.41, 5.74) is 1.15. The third-order valence-corrected chi connectivity index (χ3v) is 8.22. The van der Waals surface area contributed by atoms with Crippen LogP contribution >= 0.6 is 23.4 Å². The zero-order valence-corrected chi connectivity index (χ0v) is 21.2. The highest BCUT2D eigenvalue weighted by Crippen LogP contribution is 2.47. The third-order valence-electron chi connectivity index (χ3n) is 6.97. The Morgan fingerprint density at radius 3 is 2.80 bits per heavy atom. The Kier molecular flexibility index (Phi) is 6.63. The molecule has 1 saturated carbocycles. The number of rotatable bonds is 7. The minimum absolute atomic E-state index is 0.0365. The Hall–Kier alpha value is -2.78. The van der Waals surface area contributed by atoms with Crippen LogP contribution in [-0.2, 0) is 16.0 Å². The fourth-order valence-electron chi connectivity index (χ4n) is 5.12. The fourth-order valence-corrected chi connectivity index (χ4v) is 6.14. The molecule has 0 saturated heterocycles. The van der Waals surface area contributed by atoms with Crippen LogP contribution in [0, 0.1) is 12.8 Å². The number of fused-ring (bicyclic) bond motifs is 1. The van der Waals surface area contributed by atoms with E-state index < -0.39 is 11.6 Å². The molecule has 35 heavy (non-hydrogen) atoms. The van der Waals surface area contributed by atoms with Gasteiger partial charge in [0, 0.05) is 18.3 Å². The number of benzene rings is 1. The van der Waals surface area contributed by atoms with E-state index >= 15 is 0 Å². The van der Waals surface area contributed by atoms with Crippen LogP contribution in [0.2, 0.25) is 5.02 Å². The quantitative estimate of drug-likeness (QED) is 0.415.